The van der Waals surface area contributed by atoms with Crippen molar-refractivity contribution in [2.24, 2.45) is 0 Å². The summed E-state index contributed by atoms with van der Waals surface area (Å²) in [6.45, 7) is 0. The molecular formula is C8H4F5O4S-. The molecule has 0 bridgehead atoms. The molecule has 0 amide bonds. The first-order valence-corrected chi connectivity index (χ1v) is 5.52. The van der Waals surface area contributed by atoms with Crippen molar-refractivity contribution >= 4 is 10.4 Å². The highest BCUT2D eigenvalue weighted by Crippen LogP contribution is 2.28. The van der Waals surface area contributed by atoms with Gasteiger partial charge in [0, 0.05) is 5.56 Å². The van der Waals surface area contributed by atoms with Gasteiger partial charge < -0.3 is 8.74 Å². The monoisotopic (exact) mass is 291 g/mol. The van der Waals surface area contributed by atoms with Gasteiger partial charge in [-0.15, -0.1) is 0 Å². The Hall–Kier alpha value is -1.42. The third kappa shape index (κ3) is 4.11. The summed E-state index contributed by atoms with van der Waals surface area (Å²) in [5, 5.41) is 0. The third-order valence-electron chi connectivity index (χ3n) is 1.71. The first-order chi connectivity index (χ1) is 7.99. The van der Waals surface area contributed by atoms with Gasteiger partial charge in [0.2, 0.25) is 5.82 Å². The predicted molar refractivity (Wildman–Crippen MR) is 46.4 cm³/mol. The molecule has 0 aliphatic carbocycles. The highest BCUT2D eigenvalue weighted by Gasteiger charge is 2.30. The summed E-state index contributed by atoms with van der Waals surface area (Å²) in [6.07, 6.45) is -6.50. The average molecular weight is 291 g/mol. The number of hydrogen-bond donors (Lipinski definition) is 0. The smallest absolute Gasteiger partial charge is 0.393 e. The Labute approximate surface area is 97.9 Å². The second kappa shape index (κ2) is 4.69. The lowest BCUT2D eigenvalue weighted by Gasteiger charge is -2.12. The van der Waals surface area contributed by atoms with Crippen LogP contribution in [0.5, 0.6) is 5.75 Å². The fraction of sp³-hybridized carbons (Fsp3) is 0.250. The number of benzene rings is 1. The molecule has 0 spiro atoms. The average Bonchev–Trinajstić information content (AvgIpc) is 2.14. The van der Waals surface area contributed by atoms with Crippen molar-refractivity contribution in [2.45, 2.75) is 12.6 Å². The Balaban J connectivity index is 3.13. The van der Waals surface area contributed by atoms with Crippen LogP contribution in [0, 0.1) is 11.6 Å². The van der Waals surface area contributed by atoms with Crippen LogP contribution in [0.3, 0.4) is 0 Å². The van der Waals surface area contributed by atoms with E-state index in [0.29, 0.717) is 12.1 Å². The summed E-state index contributed by atoms with van der Waals surface area (Å²) < 4.78 is 96.0. The molecular weight excluding hydrogens is 287 g/mol. The molecule has 0 radical (unpaired) electrons. The molecule has 0 aliphatic rings. The molecule has 0 heterocycles. The van der Waals surface area contributed by atoms with Gasteiger partial charge in [0.05, 0.1) is 6.42 Å². The second-order valence-electron chi connectivity index (χ2n) is 3.13. The molecule has 1 aromatic carbocycles. The summed E-state index contributed by atoms with van der Waals surface area (Å²) in [5.74, 6) is -5.20. The predicted octanol–water partition coefficient (Wildman–Crippen LogP) is 1.91. The zero-order valence-corrected chi connectivity index (χ0v) is 9.11. The minimum atomic E-state index is -5.34. The Morgan fingerprint density at radius 1 is 1.17 bits per heavy atom. The van der Waals surface area contributed by atoms with Crippen molar-refractivity contribution in [1.29, 1.82) is 0 Å². The zero-order valence-electron chi connectivity index (χ0n) is 8.29. The van der Waals surface area contributed by atoms with Crippen LogP contribution in [-0.2, 0) is 16.8 Å². The molecule has 0 fully saturated rings. The van der Waals surface area contributed by atoms with Gasteiger partial charge in [-0.05, 0) is 6.07 Å². The van der Waals surface area contributed by atoms with E-state index in [1.54, 1.807) is 0 Å². The molecule has 0 saturated heterocycles. The fourth-order valence-corrected chi connectivity index (χ4v) is 1.45. The van der Waals surface area contributed by atoms with Crippen LogP contribution in [-0.4, -0.2) is 19.1 Å². The van der Waals surface area contributed by atoms with Crippen molar-refractivity contribution < 1.29 is 39.1 Å². The number of alkyl halides is 3. The Morgan fingerprint density at radius 3 is 2.17 bits per heavy atom. The van der Waals surface area contributed by atoms with Crippen molar-refractivity contribution in [1.82, 2.24) is 0 Å². The van der Waals surface area contributed by atoms with Crippen LogP contribution in [0.2, 0.25) is 0 Å². The summed E-state index contributed by atoms with van der Waals surface area (Å²) in [7, 11) is -5.34. The van der Waals surface area contributed by atoms with Crippen LogP contribution < -0.4 is 4.18 Å². The van der Waals surface area contributed by atoms with E-state index in [2.05, 4.69) is 4.18 Å². The van der Waals surface area contributed by atoms with E-state index < -0.39 is 45.9 Å². The summed E-state index contributed by atoms with van der Waals surface area (Å²) in [4.78, 5) is 0. The second-order valence-corrected chi connectivity index (χ2v) is 4.12. The lowest BCUT2D eigenvalue weighted by Crippen LogP contribution is -2.14. The normalized spacial score (nSPS) is 12.6. The molecule has 0 aromatic heterocycles. The minimum Gasteiger partial charge on any atom is -0.716 e. The quantitative estimate of drug-likeness (QED) is 0.484. The Bertz CT molecular complexity index is 551. The van der Waals surface area contributed by atoms with Crippen molar-refractivity contribution in [2.75, 3.05) is 0 Å². The molecule has 4 nitrogen and oxygen atoms in total. The SMILES string of the molecule is O=S(=O)([O-])Oc1ccc(CC(F)(F)F)c(F)c1F. The highest BCUT2D eigenvalue weighted by molar-refractivity contribution is 7.81. The lowest BCUT2D eigenvalue weighted by molar-refractivity contribution is -0.127. The molecule has 0 aliphatic heterocycles. The van der Waals surface area contributed by atoms with Crippen molar-refractivity contribution in [3.63, 3.8) is 0 Å². The van der Waals surface area contributed by atoms with Gasteiger partial charge >= 0.3 is 6.18 Å². The Morgan fingerprint density at radius 2 is 1.72 bits per heavy atom. The standard InChI is InChI=1S/C8H5F5O4S/c9-6-4(3-8(11,12)13)1-2-5(7(6)10)17-18(14,15)16/h1-2H,3H2,(H,14,15,16)/p-1. The molecule has 0 atom stereocenters. The summed E-state index contributed by atoms with van der Waals surface area (Å²) in [5.41, 5.74) is -1.03. The van der Waals surface area contributed by atoms with Gasteiger partial charge in [-0.2, -0.15) is 17.6 Å². The number of rotatable bonds is 3. The third-order valence-corrected chi connectivity index (χ3v) is 2.09. The lowest BCUT2D eigenvalue weighted by atomic mass is 10.1. The summed E-state index contributed by atoms with van der Waals surface area (Å²) in [6, 6.07) is 0.904. The van der Waals surface area contributed by atoms with Crippen LogP contribution in [0.4, 0.5) is 22.0 Å². The van der Waals surface area contributed by atoms with E-state index in [4.69, 9.17) is 0 Å². The largest absolute Gasteiger partial charge is 0.716 e. The highest BCUT2D eigenvalue weighted by atomic mass is 32.3. The molecule has 18 heavy (non-hydrogen) atoms. The van der Waals surface area contributed by atoms with Gasteiger partial charge in [-0.3, -0.25) is 0 Å². The van der Waals surface area contributed by atoms with Gasteiger partial charge in [-0.1, -0.05) is 6.07 Å². The zero-order chi connectivity index (χ0) is 14.1. The van der Waals surface area contributed by atoms with Crippen LogP contribution in [0.15, 0.2) is 12.1 Å². The van der Waals surface area contributed by atoms with E-state index in [-0.39, 0.29) is 0 Å². The van der Waals surface area contributed by atoms with Crippen LogP contribution >= 0.6 is 0 Å². The van der Waals surface area contributed by atoms with Gasteiger partial charge in [-0.25, -0.2) is 12.8 Å². The topological polar surface area (TPSA) is 66.4 Å². The molecule has 10 heteroatoms. The van der Waals surface area contributed by atoms with E-state index >= 15 is 0 Å². The molecule has 0 saturated carbocycles. The van der Waals surface area contributed by atoms with Gasteiger partial charge in [0.1, 0.15) is 0 Å². The van der Waals surface area contributed by atoms with Gasteiger partial charge in [0.15, 0.2) is 11.6 Å². The van der Waals surface area contributed by atoms with E-state index in [9.17, 15) is 34.9 Å². The fourth-order valence-electron chi connectivity index (χ4n) is 1.10. The molecule has 0 N–H and O–H groups in total. The van der Waals surface area contributed by atoms with E-state index in [0.717, 1.165) is 0 Å². The number of halogens is 5. The van der Waals surface area contributed by atoms with Crippen molar-refractivity contribution in [3.8, 4) is 5.75 Å². The Kier molecular flexibility index (Phi) is 3.81. The first-order valence-electron chi connectivity index (χ1n) is 4.18. The molecule has 102 valence electrons. The minimum absolute atomic E-state index is 0.426. The maximum absolute atomic E-state index is 13.1. The van der Waals surface area contributed by atoms with Gasteiger partial charge in [0.25, 0.3) is 10.4 Å². The van der Waals surface area contributed by atoms with Crippen LogP contribution in [0.25, 0.3) is 0 Å². The summed E-state index contributed by atoms with van der Waals surface area (Å²) >= 11 is 0. The molecule has 1 rings (SSSR count). The maximum Gasteiger partial charge on any atom is 0.393 e. The van der Waals surface area contributed by atoms with E-state index in [1.807, 2.05) is 0 Å². The van der Waals surface area contributed by atoms with Crippen LogP contribution in [0.1, 0.15) is 5.56 Å². The molecule has 1 aromatic rings. The van der Waals surface area contributed by atoms with E-state index in [1.165, 1.54) is 0 Å². The number of hydrogen-bond acceptors (Lipinski definition) is 4. The maximum atomic E-state index is 13.1. The first kappa shape index (κ1) is 14.6. The molecule has 0 unspecified atom stereocenters. The van der Waals surface area contributed by atoms with Crippen molar-refractivity contribution in [3.05, 3.63) is 29.3 Å².